The molecule has 1 aromatic carbocycles. The summed E-state index contributed by atoms with van der Waals surface area (Å²) in [5, 5.41) is 16.9. The second kappa shape index (κ2) is 6.20. The van der Waals surface area contributed by atoms with E-state index >= 15 is 0 Å². The highest BCUT2D eigenvalue weighted by atomic mass is 16.3. The number of hydrogen-bond acceptors (Lipinski definition) is 4. The fourth-order valence-electron chi connectivity index (χ4n) is 2.71. The first-order chi connectivity index (χ1) is 10.3. The van der Waals surface area contributed by atoms with E-state index in [2.05, 4.69) is 46.6 Å². The van der Waals surface area contributed by atoms with Crippen molar-refractivity contribution in [3.05, 3.63) is 54.6 Å². The fourth-order valence-corrected chi connectivity index (χ4v) is 2.71. The minimum absolute atomic E-state index is 0.232. The van der Waals surface area contributed by atoms with E-state index in [-0.39, 0.29) is 12.6 Å². The number of aromatic nitrogens is 3. The van der Waals surface area contributed by atoms with E-state index in [4.69, 9.17) is 5.11 Å². The van der Waals surface area contributed by atoms with Gasteiger partial charge in [0, 0.05) is 24.6 Å². The van der Waals surface area contributed by atoms with Crippen molar-refractivity contribution in [1.29, 1.82) is 0 Å². The van der Waals surface area contributed by atoms with E-state index in [0.29, 0.717) is 12.0 Å². The van der Waals surface area contributed by atoms with Crippen molar-refractivity contribution in [3.63, 3.8) is 0 Å². The Morgan fingerprint density at radius 1 is 1.33 bits per heavy atom. The van der Waals surface area contributed by atoms with E-state index in [1.807, 2.05) is 12.1 Å². The van der Waals surface area contributed by atoms with Crippen LogP contribution in [0.2, 0.25) is 0 Å². The number of aliphatic hydroxyl groups is 1. The predicted octanol–water partition coefficient (Wildman–Crippen LogP) is 1.85. The highest BCUT2D eigenvalue weighted by Gasteiger charge is 2.19. The van der Waals surface area contributed by atoms with Crippen LogP contribution in [0, 0.1) is 5.92 Å². The summed E-state index contributed by atoms with van der Waals surface area (Å²) in [7, 11) is 0. The summed E-state index contributed by atoms with van der Waals surface area (Å²) in [5.41, 5.74) is 2.24. The second-order valence-electron chi connectivity index (χ2n) is 5.49. The third-order valence-corrected chi connectivity index (χ3v) is 3.95. The summed E-state index contributed by atoms with van der Waals surface area (Å²) in [5.74, 6) is 0.296. The molecule has 110 valence electrons. The van der Waals surface area contributed by atoms with Crippen LogP contribution < -0.4 is 5.32 Å². The monoisotopic (exact) mass is 284 g/mol. The maximum absolute atomic E-state index is 9.16. The van der Waals surface area contributed by atoms with Gasteiger partial charge >= 0.3 is 0 Å². The first-order valence-electron chi connectivity index (χ1n) is 7.26. The summed E-state index contributed by atoms with van der Waals surface area (Å²) in [6, 6.07) is 8.91. The molecule has 0 radical (unpaired) electrons. The molecule has 3 rings (SSSR count). The van der Waals surface area contributed by atoms with Crippen molar-refractivity contribution in [2.75, 3.05) is 6.61 Å². The zero-order chi connectivity index (χ0) is 14.7. The number of rotatable bonds is 5. The molecule has 0 saturated carbocycles. The molecule has 1 unspecified atom stereocenters. The van der Waals surface area contributed by atoms with Gasteiger partial charge in [-0.25, -0.2) is 9.67 Å². The topological polar surface area (TPSA) is 63.0 Å². The number of aliphatic hydroxyl groups excluding tert-OH is 1. The van der Waals surface area contributed by atoms with Crippen LogP contribution in [-0.4, -0.2) is 32.5 Å². The SMILES string of the molecule is CC(N[C@@H]1C=C[C@H](CO)C1)c1ccc(-n2cncn2)cc1. The van der Waals surface area contributed by atoms with Gasteiger partial charge in [0.1, 0.15) is 12.7 Å². The zero-order valence-electron chi connectivity index (χ0n) is 12.1. The highest BCUT2D eigenvalue weighted by Crippen LogP contribution is 2.21. The lowest BCUT2D eigenvalue weighted by Gasteiger charge is -2.20. The molecule has 0 amide bonds. The molecule has 1 aromatic heterocycles. The summed E-state index contributed by atoms with van der Waals surface area (Å²) >= 11 is 0. The third kappa shape index (κ3) is 3.20. The molecule has 0 bridgehead atoms. The van der Waals surface area contributed by atoms with Crippen LogP contribution in [0.3, 0.4) is 0 Å². The third-order valence-electron chi connectivity index (χ3n) is 3.95. The van der Waals surface area contributed by atoms with Crippen molar-refractivity contribution >= 4 is 0 Å². The summed E-state index contributed by atoms with van der Waals surface area (Å²) < 4.78 is 1.74. The summed E-state index contributed by atoms with van der Waals surface area (Å²) in [6.07, 6.45) is 8.44. The Labute approximate surface area is 124 Å². The Balaban J connectivity index is 1.63. The van der Waals surface area contributed by atoms with Crippen molar-refractivity contribution in [2.45, 2.75) is 25.4 Å². The van der Waals surface area contributed by atoms with Gasteiger partial charge in [-0.1, -0.05) is 24.3 Å². The molecule has 0 fully saturated rings. The van der Waals surface area contributed by atoms with E-state index in [1.165, 1.54) is 11.9 Å². The molecular weight excluding hydrogens is 264 g/mol. The Hall–Kier alpha value is -1.98. The maximum Gasteiger partial charge on any atom is 0.138 e. The van der Waals surface area contributed by atoms with Gasteiger partial charge in [0.2, 0.25) is 0 Å². The quantitative estimate of drug-likeness (QED) is 0.823. The maximum atomic E-state index is 9.16. The molecule has 2 aromatic rings. The first-order valence-corrected chi connectivity index (χ1v) is 7.26. The number of nitrogens with zero attached hydrogens (tertiary/aromatic N) is 3. The van der Waals surface area contributed by atoms with Gasteiger partial charge in [0.25, 0.3) is 0 Å². The molecule has 21 heavy (non-hydrogen) atoms. The van der Waals surface area contributed by atoms with E-state index in [0.717, 1.165) is 12.1 Å². The Morgan fingerprint density at radius 2 is 2.14 bits per heavy atom. The molecule has 0 saturated heterocycles. The zero-order valence-corrected chi connectivity index (χ0v) is 12.1. The van der Waals surface area contributed by atoms with Crippen molar-refractivity contribution in [1.82, 2.24) is 20.1 Å². The Kier molecular flexibility index (Phi) is 4.13. The lowest BCUT2D eigenvalue weighted by Crippen LogP contribution is -2.29. The van der Waals surface area contributed by atoms with E-state index in [1.54, 1.807) is 11.0 Å². The lowest BCUT2D eigenvalue weighted by atomic mass is 10.1. The standard InChI is InChI=1S/C16H20N4O/c1-12(19-15-5-2-13(8-15)9-21)14-3-6-16(7-4-14)20-11-17-10-18-20/h2-7,10-13,15,19,21H,8-9H2,1H3/t12?,13-,15+/m0/s1. The second-order valence-corrected chi connectivity index (χ2v) is 5.49. The normalized spacial score (nSPS) is 22.6. The highest BCUT2D eigenvalue weighted by molar-refractivity contribution is 5.34. The Morgan fingerprint density at radius 3 is 2.76 bits per heavy atom. The van der Waals surface area contributed by atoms with Crippen LogP contribution in [-0.2, 0) is 0 Å². The molecule has 0 aliphatic heterocycles. The van der Waals surface area contributed by atoms with Gasteiger partial charge in [0.15, 0.2) is 0 Å². The molecule has 1 aliphatic carbocycles. The molecule has 0 spiro atoms. The molecule has 5 nitrogen and oxygen atoms in total. The van der Waals surface area contributed by atoms with Crippen LogP contribution in [0.1, 0.15) is 24.9 Å². The van der Waals surface area contributed by atoms with Crippen LogP contribution in [0.4, 0.5) is 0 Å². The number of benzene rings is 1. The minimum atomic E-state index is 0.232. The van der Waals surface area contributed by atoms with Crippen molar-refractivity contribution in [3.8, 4) is 5.69 Å². The molecule has 5 heteroatoms. The lowest BCUT2D eigenvalue weighted by molar-refractivity contribution is 0.245. The van der Waals surface area contributed by atoms with Crippen LogP contribution in [0.15, 0.2) is 49.1 Å². The van der Waals surface area contributed by atoms with Gasteiger partial charge in [-0.3, -0.25) is 0 Å². The largest absolute Gasteiger partial charge is 0.396 e. The Bertz CT molecular complexity index is 591. The molecule has 2 N–H and O–H groups in total. The number of hydrogen-bond donors (Lipinski definition) is 2. The van der Waals surface area contributed by atoms with Crippen molar-refractivity contribution < 1.29 is 5.11 Å². The summed E-state index contributed by atoms with van der Waals surface area (Å²) in [6.45, 7) is 2.39. The van der Waals surface area contributed by atoms with Crippen molar-refractivity contribution in [2.24, 2.45) is 5.92 Å². The summed E-state index contributed by atoms with van der Waals surface area (Å²) in [4.78, 5) is 3.95. The van der Waals surface area contributed by atoms with Crippen LogP contribution >= 0.6 is 0 Å². The average Bonchev–Trinajstić information content (AvgIpc) is 3.19. The molecule has 1 heterocycles. The van der Waals surface area contributed by atoms with Crippen LogP contribution in [0.5, 0.6) is 0 Å². The smallest absolute Gasteiger partial charge is 0.138 e. The molecule has 3 atom stereocenters. The predicted molar refractivity (Wildman–Crippen MR) is 81.0 cm³/mol. The van der Waals surface area contributed by atoms with E-state index in [9.17, 15) is 0 Å². The molecule has 1 aliphatic rings. The van der Waals surface area contributed by atoms with Gasteiger partial charge in [-0.05, 0) is 31.0 Å². The first kappa shape index (κ1) is 14.0. The van der Waals surface area contributed by atoms with Gasteiger partial charge < -0.3 is 10.4 Å². The average molecular weight is 284 g/mol. The van der Waals surface area contributed by atoms with Gasteiger partial charge in [-0.2, -0.15) is 5.10 Å². The number of nitrogens with one attached hydrogen (secondary N) is 1. The van der Waals surface area contributed by atoms with Gasteiger partial charge in [0.05, 0.1) is 5.69 Å². The van der Waals surface area contributed by atoms with Crippen LogP contribution in [0.25, 0.3) is 5.69 Å². The van der Waals surface area contributed by atoms with E-state index < -0.39 is 0 Å². The van der Waals surface area contributed by atoms with Gasteiger partial charge in [-0.15, -0.1) is 0 Å². The minimum Gasteiger partial charge on any atom is -0.396 e. The molecular formula is C16H20N4O. The fraction of sp³-hybridized carbons (Fsp3) is 0.375.